The van der Waals surface area contributed by atoms with Gasteiger partial charge in [0.25, 0.3) is 5.91 Å². The molecule has 1 N–H and O–H groups in total. The molecular weight excluding hydrogens is 310 g/mol. The molecule has 0 unspecified atom stereocenters. The number of hydrogen-bond acceptors (Lipinski definition) is 5. The van der Waals surface area contributed by atoms with E-state index in [0.717, 1.165) is 11.3 Å². The lowest BCUT2D eigenvalue weighted by Gasteiger charge is -2.04. The zero-order valence-corrected chi connectivity index (χ0v) is 13.2. The summed E-state index contributed by atoms with van der Waals surface area (Å²) < 4.78 is 1.74. The van der Waals surface area contributed by atoms with Crippen molar-refractivity contribution in [1.29, 1.82) is 0 Å². The molecule has 2 aromatic heterocycles. The maximum atomic E-state index is 12.3. The molecule has 1 amide bonds. The highest BCUT2D eigenvalue weighted by molar-refractivity contribution is 7.14. The van der Waals surface area contributed by atoms with Crippen molar-refractivity contribution in [2.75, 3.05) is 5.32 Å². The second-order valence-electron chi connectivity index (χ2n) is 5.60. The molecule has 23 heavy (non-hydrogen) atoms. The molecule has 1 saturated carbocycles. The van der Waals surface area contributed by atoms with Crippen molar-refractivity contribution in [3.63, 3.8) is 0 Å². The molecule has 2 heterocycles. The minimum atomic E-state index is -0.131. The van der Waals surface area contributed by atoms with Gasteiger partial charge in [-0.2, -0.15) is 5.10 Å². The van der Waals surface area contributed by atoms with Gasteiger partial charge in [-0.25, -0.2) is 14.6 Å². The van der Waals surface area contributed by atoms with E-state index in [2.05, 4.69) is 20.4 Å². The molecular formula is C16H15N5OS. The van der Waals surface area contributed by atoms with Gasteiger partial charge < -0.3 is 0 Å². The molecule has 0 bridgehead atoms. The number of aromatic nitrogens is 4. The lowest BCUT2D eigenvalue weighted by Crippen LogP contribution is -2.12. The molecule has 116 valence electrons. The summed E-state index contributed by atoms with van der Waals surface area (Å²) in [5.41, 5.74) is 2.79. The Morgan fingerprint density at radius 1 is 1.30 bits per heavy atom. The Bertz CT molecular complexity index is 805. The molecule has 1 aliphatic carbocycles. The van der Waals surface area contributed by atoms with Crippen molar-refractivity contribution in [3.8, 4) is 0 Å². The average Bonchev–Trinajstić information content (AvgIpc) is 3.09. The van der Waals surface area contributed by atoms with E-state index in [1.54, 1.807) is 11.0 Å². The van der Waals surface area contributed by atoms with Crippen molar-refractivity contribution in [1.82, 2.24) is 19.7 Å². The number of rotatable bonds is 5. The third-order valence-corrected chi connectivity index (χ3v) is 4.54. The molecule has 3 aromatic rings. The Hall–Kier alpha value is -2.54. The third kappa shape index (κ3) is 3.29. The van der Waals surface area contributed by atoms with Gasteiger partial charge in [-0.15, -0.1) is 11.3 Å². The number of thiazole rings is 1. The number of nitrogens with zero attached hydrogens (tertiary/aromatic N) is 4. The summed E-state index contributed by atoms with van der Waals surface area (Å²) in [7, 11) is 0. The summed E-state index contributed by atoms with van der Waals surface area (Å²) in [6.07, 6.45) is 5.60. The second-order valence-corrected chi connectivity index (χ2v) is 6.45. The van der Waals surface area contributed by atoms with E-state index in [9.17, 15) is 4.79 Å². The van der Waals surface area contributed by atoms with E-state index in [4.69, 9.17) is 0 Å². The Morgan fingerprint density at radius 3 is 2.83 bits per heavy atom. The van der Waals surface area contributed by atoms with E-state index in [1.807, 2.05) is 29.6 Å². The van der Waals surface area contributed by atoms with E-state index in [1.165, 1.54) is 30.5 Å². The molecule has 7 heteroatoms. The van der Waals surface area contributed by atoms with Gasteiger partial charge in [-0.1, -0.05) is 12.1 Å². The minimum absolute atomic E-state index is 0.131. The maximum absolute atomic E-state index is 12.3. The van der Waals surface area contributed by atoms with Crippen LogP contribution in [0.15, 0.2) is 42.3 Å². The van der Waals surface area contributed by atoms with Gasteiger partial charge in [0.15, 0.2) is 5.13 Å². The van der Waals surface area contributed by atoms with Crippen LogP contribution in [0.1, 0.15) is 40.4 Å². The summed E-state index contributed by atoms with van der Waals surface area (Å²) in [6, 6.07) is 7.48. The molecule has 0 radical (unpaired) electrons. The highest BCUT2D eigenvalue weighted by atomic mass is 32.1. The summed E-state index contributed by atoms with van der Waals surface area (Å²) in [5, 5.41) is 9.64. The van der Waals surface area contributed by atoms with Crippen molar-refractivity contribution in [2.45, 2.75) is 25.3 Å². The molecule has 1 aromatic carbocycles. The predicted molar refractivity (Wildman–Crippen MR) is 87.6 cm³/mol. The number of anilines is 1. The van der Waals surface area contributed by atoms with Crippen LogP contribution in [0, 0.1) is 0 Å². The first-order chi connectivity index (χ1) is 11.3. The van der Waals surface area contributed by atoms with E-state index < -0.39 is 0 Å². The van der Waals surface area contributed by atoms with Crippen LogP contribution >= 0.6 is 11.3 Å². The largest absolute Gasteiger partial charge is 0.298 e. The summed E-state index contributed by atoms with van der Waals surface area (Å²) in [5.74, 6) is 0.474. The van der Waals surface area contributed by atoms with Gasteiger partial charge >= 0.3 is 0 Å². The monoisotopic (exact) mass is 325 g/mol. The molecule has 4 rings (SSSR count). The van der Waals surface area contributed by atoms with Gasteiger partial charge in [0.2, 0.25) is 0 Å². The number of benzene rings is 1. The lowest BCUT2D eigenvalue weighted by atomic mass is 10.1. The quantitative estimate of drug-likeness (QED) is 0.783. The number of hydrogen-bond donors (Lipinski definition) is 1. The molecule has 1 aliphatic rings. The van der Waals surface area contributed by atoms with Crippen molar-refractivity contribution < 1.29 is 4.79 Å². The van der Waals surface area contributed by atoms with Crippen LogP contribution in [0.3, 0.4) is 0 Å². The van der Waals surface area contributed by atoms with E-state index >= 15 is 0 Å². The molecule has 6 nitrogen and oxygen atoms in total. The number of carbonyl (C=O) groups is 1. The Labute approximate surface area is 137 Å². The van der Waals surface area contributed by atoms with Gasteiger partial charge in [-0.05, 0) is 30.5 Å². The van der Waals surface area contributed by atoms with Crippen LogP contribution in [0.5, 0.6) is 0 Å². The van der Waals surface area contributed by atoms with Gasteiger partial charge in [0.1, 0.15) is 12.7 Å². The first kappa shape index (κ1) is 14.1. The van der Waals surface area contributed by atoms with Crippen LogP contribution < -0.4 is 5.32 Å². The van der Waals surface area contributed by atoms with Gasteiger partial charge in [0, 0.05) is 16.9 Å². The second kappa shape index (κ2) is 5.92. The highest BCUT2D eigenvalue weighted by Crippen LogP contribution is 2.40. The first-order valence-electron chi connectivity index (χ1n) is 7.46. The van der Waals surface area contributed by atoms with Gasteiger partial charge in [-0.3, -0.25) is 10.1 Å². The molecule has 0 spiro atoms. The first-order valence-corrected chi connectivity index (χ1v) is 8.34. The number of nitrogens with one attached hydrogen (secondary N) is 1. The Kier molecular flexibility index (Phi) is 3.63. The van der Waals surface area contributed by atoms with Crippen LogP contribution in [0.4, 0.5) is 5.13 Å². The van der Waals surface area contributed by atoms with Crippen molar-refractivity contribution in [2.24, 2.45) is 0 Å². The predicted octanol–water partition coefficient (Wildman–Crippen LogP) is 2.91. The third-order valence-electron chi connectivity index (χ3n) is 3.77. The summed E-state index contributed by atoms with van der Waals surface area (Å²) in [6.45, 7) is 0.638. The Balaban J connectivity index is 1.41. The minimum Gasteiger partial charge on any atom is -0.298 e. The fourth-order valence-electron chi connectivity index (χ4n) is 2.34. The van der Waals surface area contributed by atoms with Crippen molar-refractivity contribution in [3.05, 3.63) is 59.1 Å². The molecule has 0 saturated heterocycles. The van der Waals surface area contributed by atoms with Gasteiger partial charge in [0.05, 0.1) is 12.2 Å². The summed E-state index contributed by atoms with van der Waals surface area (Å²) in [4.78, 5) is 20.6. The van der Waals surface area contributed by atoms with Crippen LogP contribution in [-0.2, 0) is 6.54 Å². The molecule has 0 atom stereocenters. The fraction of sp³-hybridized carbons (Fsp3) is 0.250. The zero-order valence-electron chi connectivity index (χ0n) is 12.3. The zero-order chi connectivity index (χ0) is 15.6. The maximum Gasteiger partial charge on any atom is 0.257 e. The van der Waals surface area contributed by atoms with E-state index in [0.29, 0.717) is 23.2 Å². The fourth-order valence-corrected chi connectivity index (χ4v) is 3.13. The highest BCUT2D eigenvalue weighted by Gasteiger charge is 2.26. The average molecular weight is 325 g/mol. The molecule has 0 aliphatic heterocycles. The topological polar surface area (TPSA) is 72.7 Å². The summed E-state index contributed by atoms with van der Waals surface area (Å²) >= 11 is 1.49. The SMILES string of the molecule is O=C(Nc1nc(C2CC2)cs1)c1ccc(Cn2cncn2)cc1. The lowest BCUT2D eigenvalue weighted by molar-refractivity contribution is 0.102. The smallest absolute Gasteiger partial charge is 0.257 e. The van der Waals surface area contributed by atoms with Crippen LogP contribution in [-0.4, -0.2) is 25.7 Å². The van der Waals surface area contributed by atoms with Crippen molar-refractivity contribution >= 4 is 22.4 Å². The molecule has 1 fully saturated rings. The number of amides is 1. The Morgan fingerprint density at radius 2 is 2.13 bits per heavy atom. The van der Waals surface area contributed by atoms with E-state index in [-0.39, 0.29) is 5.91 Å². The standard InChI is InChI=1S/C16H15N5OS/c22-15(20-16-19-14(8-23-16)12-5-6-12)13-3-1-11(2-4-13)7-21-10-17-9-18-21/h1-4,8-10,12H,5-7H2,(H,19,20,22). The number of carbonyl (C=O) groups excluding carboxylic acids is 1. The van der Waals surface area contributed by atoms with Crippen LogP contribution in [0.25, 0.3) is 0 Å². The van der Waals surface area contributed by atoms with Crippen LogP contribution in [0.2, 0.25) is 0 Å². The normalized spacial score (nSPS) is 13.9.